The molecule has 0 spiro atoms. The molecule has 1 amide bonds. The maximum absolute atomic E-state index is 13.1. The Hall–Kier alpha value is -2.60. The van der Waals surface area contributed by atoms with Crippen molar-refractivity contribution in [2.45, 2.75) is 30.0 Å². The fourth-order valence-corrected chi connectivity index (χ4v) is 4.12. The van der Waals surface area contributed by atoms with Crippen molar-refractivity contribution in [1.29, 1.82) is 0 Å². The summed E-state index contributed by atoms with van der Waals surface area (Å²) in [6.07, 6.45) is 1.58. The van der Waals surface area contributed by atoms with Crippen LogP contribution in [0.25, 0.3) is 5.69 Å². The molecule has 4 rings (SSSR count). The van der Waals surface area contributed by atoms with Crippen LogP contribution in [0.1, 0.15) is 24.5 Å². The fourth-order valence-electron chi connectivity index (χ4n) is 2.95. The van der Waals surface area contributed by atoms with Gasteiger partial charge in [0.25, 0.3) is 5.91 Å². The molecule has 2 aromatic carbocycles. The maximum atomic E-state index is 13.1. The van der Waals surface area contributed by atoms with E-state index in [9.17, 15) is 4.79 Å². The highest BCUT2D eigenvalue weighted by Crippen LogP contribution is 2.41. The number of hydrogen-bond donors (Lipinski definition) is 0. The quantitative estimate of drug-likeness (QED) is 0.705. The van der Waals surface area contributed by atoms with Crippen molar-refractivity contribution in [3.63, 3.8) is 0 Å². The van der Waals surface area contributed by atoms with Crippen molar-refractivity contribution in [1.82, 2.24) is 14.8 Å². The van der Waals surface area contributed by atoms with E-state index in [-0.39, 0.29) is 17.8 Å². The SMILES string of the molecule is C[C@@H]1Sc2ccccc2N(C(=O)c2ncn(-c3ccccc3)n2)[C@H]1C. The summed E-state index contributed by atoms with van der Waals surface area (Å²) in [6, 6.07) is 17.7. The van der Waals surface area contributed by atoms with E-state index in [1.165, 1.54) is 0 Å². The molecule has 0 bridgehead atoms. The fraction of sp³-hybridized carbons (Fsp3) is 0.211. The molecular formula is C19H18N4OS. The molecule has 0 fully saturated rings. The van der Waals surface area contributed by atoms with Crippen molar-refractivity contribution in [3.05, 3.63) is 66.7 Å². The van der Waals surface area contributed by atoms with Crippen LogP contribution in [0.15, 0.2) is 65.8 Å². The average Bonchev–Trinajstić information content (AvgIpc) is 3.13. The number of amides is 1. The van der Waals surface area contributed by atoms with Gasteiger partial charge in [0.15, 0.2) is 0 Å². The Balaban J connectivity index is 1.70. The van der Waals surface area contributed by atoms with Gasteiger partial charge in [-0.3, -0.25) is 4.79 Å². The monoisotopic (exact) mass is 350 g/mol. The molecule has 0 aliphatic carbocycles. The molecule has 3 aromatic rings. The Morgan fingerprint density at radius 2 is 1.76 bits per heavy atom. The number of fused-ring (bicyclic) bond motifs is 1. The van der Waals surface area contributed by atoms with Gasteiger partial charge in [-0.25, -0.2) is 9.67 Å². The zero-order valence-corrected chi connectivity index (χ0v) is 14.9. The van der Waals surface area contributed by atoms with Gasteiger partial charge in [-0.1, -0.05) is 37.3 Å². The van der Waals surface area contributed by atoms with Gasteiger partial charge in [0.05, 0.1) is 11.4 Å². The lowest BCUT2D eigenvalue weighted by atomic mass is 10.1. The van der Waals surface area contributed by atoms with Crippen LogP contribution in [0.5, 0.6) is 0 Å². The highest BCUT2D eigenvalue weighted by atomic mass is 32.2. The Morgan fingerprint density at radius 3 is 2.56 bits per heavy atom. The molecule has 0 unspecified atom stereocenters. The second-order valence-corrected chi connectivity index (χ2v) is 7.47. The Kier molecular flexibility index (Phi) is 4.05. The van der Waals surface area contributed by atoms with Gasteiger partial charge in [-0.05, 0) is 31.2 Å². The lowest BCUT2D eigenvalue weighted by molar-refractivity contribution is 0.0967. The minimum Gasteiger partial charge on any atom is -0.301 e. The standard InChI is InChI=1S/C19H18N4OS/c1-13-14(2)25-17-11-7-6-10-16(17)23(13)19(24)18-20-12-22(21-18)15-8-4-3-5-9-15/h3-14H,1-2H3/t13-,14-/m0/s1. The average molecular weight is 350 g/mol. The van der Waals surface area contributed by atoms with Crippen LogP contribution in [0.4, 0.5) is 5.69 Å². The zero-order valence-electron chi connectivity index (χ0n) is 14.0. The molecular weight excluding hydrogens is 332 g/mol. The van der Waals surface area contributed by atoms with Crippen molar-refractivity contribution >= 4 is 23.4 Å². The largest absolute Gasteiger partial charge is 0.301 e. The number of thioether (sulfide) groups is 1. The number of benzene rings is 2. The Morgan fingerprint density at radius 1 is 1.04 bits per heavy atom. The van der Waals surface area contributed by atoms with E-state index in [4.69, 9.17) is 0 Å². The number of nitrogens with zero attached hydrogens (tertiary/aromatic N) is 4. The van der Waals surface area contributed by atoms with Crippen molar-refractivity contribution < 1.29 is 4.79 Å². The van der Waals surface area contributed by atoms with Gasteiger partial charge in [-0.2, -0.15) is 0 Å². The summed E-state index contributed by atoms with van der Waals surface area (Å²) in [6.45, 7) is 4.21. The third-order valence-electron chi connectivity index (χ3n) is 4.45. The van der Waals surface area contributed by atoms with Crippen LogP contribution in [-0.4, -0.2) is 32.0 Å². The smallest absolute Gasteiger partial charge is 0.298 e. The summed E-state index contributed by atoms with van der Waals surface area (Å²) in [4.78, 5) is 20.3. The van der Waals surface area contributed by atoms with E-state index in [0.717, 1.165) is 16.3 Å². The Bertz CT molecular complexity index is 909. The van der Waals surface area contributed by atoms with Gasteiger partial charge in [-0.15, -0.1) is 16.9 Å². The van der Waals surface area contributed by atoms with Crippen LogP contribution in [0.3, 0.4) is 0 Å². The molecule has 0 radical (unpaired) electrons. The molecule has 1 aliphatic rings. The van der Waals surface area contributed by atoms with Crippen molar-refractivity contribution in [3.8, 4) is 5.69 Å². The first kappa shape index (κ1) is 15.9. The van der Waals surface area contributed by atoms with E-state index >= 15 is 0 Å². The number of rotatable bonds is 2. The molecule has 1 aliphatic heterocycles. The highest BCUT2D eigenvalue weighted by molar-refractivity contribution is 8.00. The van der Waals surface area contributed by atoms with Gasteiger partial charge >= 0.3 is 0 Å². The topological polar surface area (TPSA) is 51.0 Å². The third-order valence-corrected chi connectivity index (χ3v) is 5.81. The first-order valence-electron chi connectivity index (χ1n) is 8.21. The number of anilines is 1. The minimum absolute atomic E-state index is 0.0658. The van der Waals surface area contributed by atoms with E-state index in [2.05, 4.69) is 30.0 Å². The van der Waals surface area contributed by atoms with Crippen LogP contribution in [-0.2, 0) is 0 Å². The van der Waals surface area contributed by atoms with E-state index < -0.39 is 0 Å². The van der Waals surface area contributed by atoms with Gasteiger partial charge in [0.2, 0.25) is 5.82 Å². The van der Waals surface area contributed by atoms with E-state index in [1.54, 1.807) is 22.8 Å². The summed E-state index contributed by atoms with van der Waals surface area (Å²) in [5, 5.41) is 4.70. The van der Waals surface area contributed by atoms with Gasteiger partial charge in [0, 0.05) is 16.2 Å². The normalized spacial score (nSPS) is 19.5. The predicted molar refractivity (Wildman–Crippen MR) is 99.4 cm³/mol. The van der Waals surface area contributed by atoms with Crippen LogP contribution >= 0.6 is 11.8 Å². The van der Waals surface area contributed by atoms with Crippen molar-refractivity contribution in [2.75, 3.05) is 4.90 Å². The molecule has 0 saturated heterocycles. The predicted octanol–water partition coefficient (Wildman–Crippen LogP) is 3.80. The van der Waals surface area contributed by atoms with E-state index in [1.807, 2.05) is 53.4 Å². The third kappa shape index (κ3) is 2.82. The van der Waals surface area contributed by atoms with Crippen LogP contribution < -0.4 is 4.90 Å². The van der Waals surface area contributed by atoms with Crippen LogP contribution in [0.2, 0.25) is 0 Å². The lowest BCUT2D eigenvalue weighted by Gasteiger charge is -2.38. The second-order valence-electron chi connectivity index (χ2n) is 6.05. The summed E-state index contributed by atoms with van der Waals surface area (Å²) in [7, 11) is 0. The highest BCUT2D eigenvalue weighted by Gasteiger charge is 2.35. The molecule has 126 valence electrons. The second kappa shape index (κ2) is 6.37. The maximum Gasteiger partial charge on any atom is 0.298 e. The summed E-state index contributed by atoms with van der Waals surface area (Å²) < 4.78 is 1.63. The molecule has 25 heavy (non-hydrogen) atoms. The molecule has 6 heteroatoms. The number of carbonyl (C=O) groups excluding carboxylic acids is 1. The molecule has 5 nitrogen and oxygen atoms in total. The lowest BCUT2D eigenvalue weighted by Crippen LogP contribution is -2.46. The molecule has 2 atom stereocenters. The number of hydrogen-bond acceptors (Lipinski definition) is 4. The van der Waals surface area contributed by atoms with Crippen molar-refractivity contribution in [2.24, 2.45) is 0 Å². The number of carbonyl (C=O) groups is 1. The molecule has 0 saturated carbocycles. The van der Waals surface area contributed by atoms with Crippen LogP contribution in [0, 0.1) is 0 Å². The minimum atomic E-state index is -0.165. The zero-order chi connectivity index (χ0) is 17.4. The summed E-state index contributed by atoms with van der Waals surface area (Å²) >= 11 is 1.80. The molecule has 0 N–H and O–H groups in total. The molecule has 1 aromatic heterocycles. The summed E-state index contributed by atoms with van der Waals surface area (Å²) in [5.74, 6) is 0.0476. The van der Waals surface area contributed by atoms with E-state index in [0.29, 0.717) is 5.25 Å². The van der Waals surface area contributed by atoms with Gasteiger partial charge < -0.3 is 4.90 Å². The molecule has 2 heterocycles. The number of aromatic nitrogens is 3. The number of para-hydroxylation sites is 2. The van der Waals surface area contributed by atoms with Gasteiger partial charge in [0.1, 0.15) is 6.33 Å². The first-order valence-corrected chi connectivity index (χ1v) is 9.09. The Labute approximate surface area is 150 Å². The first-order chi connectivity index (χ1) is 12.1. The summed E-state index contributed by atoms with van der Waals surface area (Å²) in [5.41, 5.74) is 1.81.